The SMILES string of the molecule is CCC[CH2][Sn]([CH2]CCC)([CH2]CCC)[c]1ccc(CN(C(Cc2ccccc2)C(=O)OC)S(=O)(=O)c2c(C)cc(OC)c(C)c2C)cc1. The van der Waals surface area contributed by atoms with Crippen LogP contribution < -0.4 is 8.32 Å². The first-order valence-electron chi connectivity index (χ1n) is 17.4. The first-order valence-corrected chi connectivity index (χ1v) is 26.3. The number of nitrogens with zero attached hydrogens (tertiary/aromatic N) is 1. The van der Waals surface area contributed by atoms with Gasteiger partial charge in [0, 0.05) is 0 Å². The molecule has 258 valence electrons. The summed E-state index contributed by atoms with van der Waals surface area (Å²) in [6.45, 7) is 12.4. The molecule has 1 unspecified atom stereocenters. The molecule has 0 aliphatic carbocycles. The summed E-state index contributed by atoms with van der Waals surface area (Å²) in [5, 5.41) is 0. The number of hydrogen-bond donors (Lipinski definition) is 0. The summed E-state index contributed by atoms with van der Waals surface area (Å²) in [5.74, 6) is 0.0578. The Morgan fingerprint density at radius 3 is 1.83 bits per heavy atom. The van der Waals surface area contributed by atoms with Crippen molar-refractivity contribution in [2.75, 3.05) is 14.2 Å². The predicted octanol–water partition coefficient (Wildman–Crippen LogP) is 8.65. The zero-order chi connectivity index (χ0) is 34.6. The molecule has 0 aromatic heterocycles. The summed E-state index contributed by atoms with van der Waals surface area (Å²) >= 11 is -2.68. The first kappa shape index (κ1) is 39.1. The Balaban J connectivity index is 2.17. The van der Waals surface area contributed by atoms with E-state index in [1.165, 1.54) is 63.3 Å². The van der Waals surface area contributed by atoms with Crippen molar-refractivity contribution < 1.29 is 22.7 Å². The number of unbranched alkanes of at least 4 members (excludes halogenated alkanes) is 3. The van der Waals surface area contributed by atoms with Gasteiger partial charge in [-0.3, -0.25) is 0 Å². The van der Waals surface area contributed by atoms with Crippen molar-refractivity contribution in [1.82, 2.24) is 4.31 Å². The van der Waals surface area contributed by atoms with E-state index in [1.807, 2.05) is 44.2 Å². The Labute approximate surface area is 289 Å². The van der Waals surface area contributed by atoms with Gasteiger partial charge >= 0.3 is 284 Å². The molecule has 0 bridgehead atoms. The van der Waals surface area contributed by atoms with Gasteiger partial charge in [0.05, 0.1) is 7.11 Å². The van der Waals surface area contributed by atoms with E-state index >= 15 is 0 Å². The molecule has 3 aromatic carbocycles. The number of hydrogen-bond acceptors (Lipinski definition) is 5. The fourth-order valence-electron chi connectivity index (χ4n) is 6.88. The molecule has 6 nitrogen and oxygen atoms in total. The Morgan fingerprint density at radius 2 is 1.34 bits per heavy atom. The topological polar surface area (TPSA) is 72.9 Å². The monoisotopic (exact) mass is 771 g/mol. The third kappa shape index (κ3) is 9.63. The van der Waals surface area contributed by atoms with E-state index in [1.54, 1.807) is 23.7 Å². The van der Waals surface area contributed by atoms with Crippen molar-refractivity contribution in [2.24, 2.45) is 0 Å². The third-order valence-electron chi connectivity index (χ3n) is 9.79. The van der Waals surface area contributed by atoms with Crippen LogP contribution in [0.4, 0.5) is 0 Å². The number of rotatable bonds is 19. The molecule has 0 amide bonds. The molecule has 0 spiro atoms. The van der Waals surface area contributed by atoms with E-state index in [0.29, 0.717) is 16.9 Å². The Kier molecular flexibility index (Phi) is 15.3. The summed E-state index contributed by atoms with van der Waals surface area (Å²) in [6, 6.07) is 19.1. The van der Waals surface area contributed by atoms with E-state index in [-0.39, 0.29) is 17.9 Å². The minimum atomic E-state index is -4.17. The number of carbonyl (C=O) groups excluding carboxylic acids is 1. The molecule has 0 heterocycles. The molecular formula is C39H57NO5SSn. The number of ether oxygens (including phenoxy) is 2. The summed E-state index contributed by atoms with van der Waals surface area (Å²) in [5.41, 5.74) is 3.68. The van der Waals surface area contributed by atoms with Gasteiger partial charge in [-0.1, -0.05) is 0 Å². The normalized spacial score (nSPS) is 12.7. The second-order valence-electron chi connectivity index (χ2n) is 13.0. The van der Waals surface area contributed by atoms with E-state index in [0.717, 1.165) is 16.7 Å². The second-order valence-corrected chi connectivity index (χ2v) is 28.1. The zero-order valence-corrected chi connectivity index (χ0v) is 33.7. The van der Waals surface area contributed by atoms with Crippen LogP contribution in [0.15, 0.2) is 65.6 Å². The average Bonchev–Trinajstić information content (AvgIpc) is 3.08. The summed E-state index contributed by atoms with van der Waals surface area (Å²) in [6.07, 6.45) is 7.65. The van der Waals surface area contributed by atoms with Crippen LogP contribution in [-0.2, 0) is 32.5 Å². The van der Waals surface area contributed by atoms with Crippen molar-refractivity contribution in [2.45, 2.75) is 117 Å². The van der Waals surface area contributed by atoms with Gasteiger partial charge in [-0.05, 0) is 0 Å². The van der Waals surface area contributed by atoms with Crippen molar-refractivity contribution in [3.63, 3.8) is 0 Å². The summed E-state index contributed by atoms with van der Waals surface area (Å²) < 4.78 is 47.5. The molecule has 1 atom stereocenters. The Bertz CT molecular complexity index is 1520. The molecule has 0 N–H and O–H groups in total. The van der Waals surface area contributed by atoms with Crippen LogP contribution in [0.25, 0.3) is 0 Å². The number of carbonyl (C=O) groups is 1. The third-order valence-corrected chi connectivity index (χ3v) is 27.6. The number of methoxy groups -OCH3 is 2. The van der Waals surface area contributed by atoms with Crippen LogP contribution in [0.3, 0.4) is 0 Å². The van der Waals surface area contributed by atoms with Crippen molar-refractivity contribution >= 4 is 37.9 Å². The Morgan fingerprint density at radius 1 is 0.787 bits per heavy atom. The molecule has 3 rings (SSSR count). The molecule has 8 heteroatoms. The van der Waals surface area contributed by atoms with Crippen LogP contribution in [0, 0.1) is 20.8 Å². The van der Waals surface area contributed by atoms with Crippen LogP contribution in [-0.4, -0.2) is 57.3 Å². The van der Waals surface area contributed by atoms with Crippen molar-refractivity contribution in [3.8, 4) is 5.75 Å². The predicted molar refractivity (Wildman–Crippen MR) is 197 cm³/mol. The van der Waals surface area contributed by atoms with Crippen molar-refractivity contribution in [1.29, 1.82) is 0 Å². The average molecular weight is 771 g/mol. The van der Waals surface area contributed by atoms with Gasteiger partial charge in [-0.2, -0.15) is 0 Å². The van der Waals surface area contributed by atoms with Crippen LogP contribution in [0.5, 0.6) is 5.75 Å². The van der Waals surface area contributed by atoms with E-state index in [2.05, 4.69) is 45.0 Å². The second kappa shape index (κ2) is 18.4. The number of sulfonamides is 1. The number of esters is 1. The quantitative estimate of drug-likeness (QED) is 0.0902. The molecule has 0 saturated heterocycles. The first-order chi connectivity index (χ1) is 22.5. The van der Waals surface area contributed by atoms with Gasteiger partial charge in [-0.15, -0.1) is 0 Å². The van der Waals surface area contributed by atoms with Crippen LogP contribution >= 0.6 is 0 Å². The molecule has 0 aliphatic heterocycles. The van der Waals surface area contributed by atoms with Crippen molar-refractivity contribution in [3.05, 3.63) is 88.5 Å². The van der Waals surface area contributed by atoms with Gasteiger partial charge in [0.1, 0.15) is 0 Å². The fourth-order valence-corrected chi connectivity index (χ4v) is 24.9. The fraction of sp³-hybridized carbons (Fsp3) is 0.513. The molecule has 3 aromatic rings. The standard InChI is InChI=1S/C27H30NO5S.3C4H9.Sn/c1-19-16-25(32-4)20(2)21(3)26(19)34(30,31)28(18-23-14-10-7-11-15-23)24(27(29)33-5)17-22-12-8-6-9-13-22;3*1-3-4-2;/h6,8-16,24H,17-18H2,1-5H3;3*1,3-4H2,2H3;. The zero-order valence-electron chi connectivity index (χ0n) is 30.0. The van der Waals surface area contributed by atoms with Gasteiger partial charge in [0.25, 0.3) is 0 Å². The van der Waals surface area contributed by atoms with Gasteiger partial charge in [0.2, 0.25) is 0 Å². The summed E-state index contributed by atoms with van der Waals surface area (Å²) in [7, 11) is -1.26. The van der Waals surface area contributed by atoms with Gasteiger partial charge in [0.15, 0.2) is 0 Å². The molecule has 0 fully saturated rings. The number of benzene rings is 3. The van der Waals surface area contributed by atoms with E-state index in [4.69, 9.17) is 9.47 Å². The molecule has 0 radical (unpaired) electrons. The molecule has 0 aliphatic rings. The minimum absolute atomic E-state index is 0.0561. The van der Waals surface area contributed by atoms with E-state index < -0.39 is 40.4 Å². The van der Waals surface area contributed by atoms with Crippen LogP contribution in [0.2, 0.25) is 13.3 Å². The van der Waals surface area contributed by atoms with Crippen LogP contribution in [0.1, 0.15) is 87.1 Å². The molecular weight excluding hydrogens is 713 g/mol. The molecule has 47 heavy (non-hydrogen) atoms. The Hall–Kier alpha value is -2.36. The maximum atomic E-state index is 14.9. The maximum absolute atomic E-state index is 14.9. The van der Waals surface area contributed by atoms with Gasteiger partial charge in [-0.25, -0.2) is 0 Å². The van der Waals surface area contributed by atoms with Gasteiger partial charge < -0.3 is 0 Å². The molecule has 0 saturated carbocycles. The van der Waals surface area contributed by atoms with E-state index in [9.17, 15) is 13.2 Å². The summed E-state index contributed by atoms with van der Waals surface area (Å²) in [4.78, 5) is 13.7. The number of aryl methyl sites for hydroxylation is 1.